The molecule has 5 N–H and O–H groups in total. The summed E-state index contributed by atoms with van der Waals surface area (Å²) in [7, 11) is 0. The van der Waals surface area contributed by atoms with Crippen LogP contribution >= 0.6 is 23.2 Å². The maximum atomic E-state index is 13.4. The molecule has 6 rings (SSSR count). The summed E-state index contributed by atoms with van der Waals surface area (Å²) in [6.07, 6.45) is 0. The number of nitrogens with zero attached hydrogens (tertiary/aromatic N) is 5. The van der Waals surface area contributed by atoms with Gasteiger partial charge in [0.25, 0.3) is 0 Å². The zero-order chi connectivity index (χ0) is 29.8. The van der Waals surface area contributed by atoms with E-state index in [1.807, 2.05) is 60.7 Å². The second-order valence-corrected chi connectivity index (χ2v) is 10.1. The lowest BCUT2D eigenvalue weighted by Gasteiger charge is -2.12. The van der Waals surface area contributed by atoms with Crippen molar-refractivity contribution in [3.63, 3.8) is 0 Å². The Hall–Kier alpha value is -5.32. The lowest BCUT2D eigenvalue weighted by molar-refractivity contribution is 0.628. The fourth-order valence-corrected chi connectivity index (χ4v) is 4.66. The van der Waals surface area contributed by atoms with Crippen molar-refractivity contribution in [3.05, 3.63) is 119 Å². The van der Waals surface area contributed by atoms with Crippen LogP contribution in [0.5, 0.6) is 0 Å². The lowest BCUT2D eigenvalue weighted by atomic mass is 10.1. The Morgan fingerprint density at radius 3 is 1.67 bits per heavy atom. The Morgan fingerprint density at radius 1 is 0.558 bits per heavy atom. The molecule has 0 radical (unpaired) electrons. The van der Waals surface area contributed by atoms with Crippen LogP contribution in [0, 0.1) is 5.82 Å². The monoisotopic (exact) mass is 609 g/mol. The van der Waals surface area contributed by atoms with Crippen LogP contribution in [0.4, 0.5) is 45.2 Å². The molecule has 0 aliphatic rings. The molecule has 2 heterocycles. The van der Waals surface area contributed by atoms with Crippen LogP contribution in [-0.4, -0.2) is 24.9 Å². The van der Waals surface area contributed by atoms with Crippen molar-refractivity contribution in [3.8, 4) is 22.5 Å². The van der Waals surface area contributed by atoms with Gasteiger partial charge >= 0.3 is 0 Å². The summed E-state index contributed by atoms with van der Waals surface area (Å²) in [5.41, 5.74) is 10.9. The highest BCUT2D eigenvalue weighted by Gasteiger charge is 2.12. The van der Waals surface area contributed by atoms with Crippen molar-refractivity contribution < 1.29 is 4.39 Å². The number of hydrogen-bond donors (Lipinski definition) is 4. The average molecular weight is 610 g/mol. The molecule has 0 saturated heterocycles. The highest BCUT2D eigenvalue weighted by molar-refractivity contribution is 6.36. The molecule has 0 aliphatic heterocycles. The molecule has 0 saturated carbocycles. The maximum Gasteiger partial charge on any atom is 0.233 e. The second kappa shape index (κ2) is 12.3. The van der Waals surface area contributed by atoms with Gasteiger partial charge in [-0.05, 0) is 72.8 Å². The molecule has 0 aliphatic carbocycles. The molecule has 0 amide bonds. The molecule has 12 heteroatoms. The molecule has 9 nitrogen and oxygen atoms in total. The summed E-state index contributed by atoms with van der Waals surface area (Å²) >= 11 is 12.4. The van der Waals surface area contributed by atoms with E-state index < -0.39 is 0 Å². The normalized spacial score (nSPS) is 10.8. The van der Waals surface area contributed by atoms with E-state index in [1.54, 1.807) is 30.3 Å². The van der Waals surface area contributed by atoms with E-state index in [9.17, 15) is 4.39 Å². The summed E-state index contributed by atoms with van der Waals surface area (Å²) in [5, 5.41) is 10.5. The number of anilines is 7. The second-order valence-electron chi connectivity index (χ2n) is 9.25. The van der Waals surface area contributed by atoms with Crippen LogP contribution < -0.4 is 21.7 Å². The van der Waals surface area contributed by atoms with Crippen molar-refractivity contribution in [2.24, 2.45) is 0 Å². The molecular weight excluding hydrogens is 588 g/mol. The maximum absolute atomic E-state index is 13.4. The Bertz CT molecular complexity index is 1890. The number of rotatable bonds is 8. The number of para-hydroxylation sites is 1. The minimum Gasteiger partial charge on any atom is -0.368 e. The summed E-state index contributed by atoms with van der Waals surface area (Å²) < 4.78 is 13.4. The first kappa shape index (κ1) is 27.8. The zero-order valence-corrected chi connectivity index (χ0v) is 23.8. The third kappa shape index (κ3) is 6.95. The van der Waals surface area contributed by atoms with E-state index in [1.165, 1.54) is 12.1 Å². The minimum atomic E-state index is -0.340. The predicted molar refractivity (Wildman–Crippen MR) is 170 cm³/mol. The number of halogens is 3. The lowest BCUT2D eigenvalue weighted by Crippen LogP contribution is -2.07. The van der Waals surface area contributed by atoms with Gasteiger partial charge in [-0.25, -0.2) is 14.4 Å². The SMILES string of the molecule is Nc1nc(-c2ccc(Nc3nc(Nc4ccccc4)nc(Nc4ccc(F)cc4)n3)cc2)cc(-c2ccc(Cl)cc2Cl)n1. The third-order valence-corrected chi connectivity index (χ3v) is 6.70. The highest BCUT2D eigenvalue weighted by Crippen LogP contribution is 2.32. The van der Waals surface area contributed by atoms with Crippen LogP contribution in [0.25, 0.3) is 22.5 Å². The smallest absolute Gasteiger partial charge is 0.233 e. The number of benzene rings is 4. The largest absolute Gasteiger partial charge is 0.368 e. The summed E-state index contributed by atoms with van der Waals surface area (Å²) in [6.45, 7) is 0. The first-order valence-corrected chi connectivity index (χ1v) is 13.7. The predicted octanol–water partition coefficient (Wildman–Crippen LogP) is 8.25. The van der Waals surface area contributed by atoms with Crippen LogP contribution in [0.2, 0.25) is 10.0 Å². The Labute approximate surface area is 256 Å². The molecule has 0 bridgehead atoms. The molecule has 0 fully saturated rings. The van der Waals surface area contributed by atoms with Gasteiger partial charge in [0.05, 0.1) is 16.4 Å². The molecule has 212 valence electrons. The number of nitrogens with one attached hydrogen (secondary N) is 3. The molecule has 4 aromatic carbocycles. The molecule has 0 unspecified atom stereocenters. The molecule has 6 aromatic rings. The first-order valence-electron chi connectivity index (χ1n) is 13.0. The van der Waals surface area contributed by atoms with Gasteiger partial charge in [-0.2, -0.15) is 15.0 Å². The fraction of sp³-hybridized carbons (Fsp3) is 0. The van der Waals surface area contributed by atoms with Crippen molar-refractivity contribution in [1.82, 2.24) is 24.9 Å². The van der Waals surface area contributed by atoms with Gasteiger partial charge in [0, 0.05) is 33.2 Å². The first-order chi connectivity index (χ1) is 20.9. The van der Waals surface area contributed by atoms with Crippen LogP contribution in [0.15, 0.2) is 103 Å². The number of nitrogen functional groups attached to an aromatic ring is 1. The Morgan fingerprint density at radius 2 is 1.09 bits per heavy atom. The fourth-order valence-electron chi connectivity index (χ4n) is 4.16. The topological polar surface area (TPSA) is 127 Å². The van der Waals surface area contributed by atoms with Gasteiger partial charge in [0.2, 0.25) is 23.8 Å². The number of hydrogen-bond acceptors (Lipinski definition) is 9. The van der Waals surface area contributed by atoms with Gasteiger partial charge in [0.15, 0.2) is 0 Å². The van der Waals surface area contributed by atoms with Gasteiger partial charge in [-0.1, -0.05) is 53.5 Å². The zero-order valence-electron chi connectivity index (χ0n) is 22.3. The average Bonchev–Trinajstić information content (AvgIpc) is 2.99. The summed E-state index contributed by atoms with van der Waals surface area (Å²) in [5.74, 6) is 0.647. The van der Waals surface area contributed by atoms with Crippen LogP contribution in [-0.2, 0) is 0 Å². The van der Waals surface area contributed by atoms with Crippen molar-refractivity contribution in [2.75, 3.05) is 21.7 Å². The van der Waals surface area contributed by atoms with E-state index >= 15 is 0 Å². The van der Waals surface area contributed by atoms with Gasteiger partial charge < -0.3 is 21.7 Å². The molecule has 0 spiro atoms. The van der Waals surface area contributed by atoms with E-state index in [-0.39, 0.29) is 23.7 Å². The summed E-state index contributed by atoms with van der Waals surface area (Å²) in [6, 6.07) is 29.9. The van der Waals surface area contributed by atoms with E-state index in [2.05, 4.69) is 40.9 Å². The van der Waals surface area contributed by atoms with Crippen molar-refractivity contribution in [2.45, 2.75) is 0 Å². The quantitative estimate of drug-likeness (QED) is 0.135. The van der Waals surface area contributed by atoms with Gasteiger partial charge in [0.1, 0.15) is 5.82 Å². The van der Waals surface area contributed by atoms with Crippen molar-refractivity contribution >= 4 is 64.1 Å². The van der Waals surface area contributed by atoms with Crippen molar-refractivity contribution in [1.29, 1.82) is 0 Å². The van der Waals surface area contributed by atoms with Gasteiger partial charge in [-0.15, -0.1) is 0 Å². The molecule has 2 aromatic heterocycles. The third-order valence-electron chi connectivity index (χ3n) is 6.15. The Kier molecular flexibility index (Phi) is 7.94. The molecule has 43 heavy (non-hydrogen) atoms. The van der Waals surface area contributed by atoms with E-state index in [0.717, 1.165) is 16.9 Å². The van der Waals surface area contributed by atoms with Gasteiger partial charge in [-0.3, -0.25) is 0 Å². The summed E-state index contributed by atoms with van der Waals surface area (Å²) in [4.78, 5) is 22.3. The van der Waals surface area contributed by atoms with E-state index in [4.69, 9.17) is 28.9 Å². The minimum absolute atomic E-state index is 0.116. The molecule has 0 atom stereocenters. The van der Waals surface area contributed by atoms with E-state index in [0.29, 0.717) is 38.6 Å². The van der Waals surface area contributed by atoms with Crippen LogP contribution in [0.1, 0.15) is 0 Å². The Balaban J connectivity index is 1.26. The number of nitrogens with two attached hydrogens (primary N) is 1. The number of aromatic nitrogens is 5. The highest BCUT2D eigenvalue weighted by atomic mass is 35.5. The standard InChI is InChI=1S/C31H22Cl2FN9/c32-19-8-15-24(25(33)16-19)27-17-26(39-28(35)40-27)18-6-11-22(12-7-18)37-30-41-29(36-21-4-2-1-3-5-21)42-31(43-30)38-23-13-9-20(34)10-14-23/h1-17H,(H2,35,39,40)(H3,36,37,38,41,42,43). The van der Waals surface area contributed by atoms with Crippen LogP contribution in [0.3, 0.4) is 0 Å². The molecular formula is C31H22Cl2FN9.